The molecule has 9 heteroatoms. The summed E-state index contributed by atoms with van der Waals surface area (Å²) in [5.74, 6) is 0.397. The van der Waals surface area contributed by atoms with E-state index in [0.717, 1.165) is 23.3 Å². The Morgan fingerprint density at radius 2 is 1.63 bits per heavy atom. The van der Waals surface area contributed by atoms with E-state index in [0.29, 0.717) is 34.8 Å². The van der Waals surface area contributed by atoms with Crippen molar-refractivity contribution in [1.82, 2.24) is 8.87 Å². The van der Waals surface area contributed by atoms with Crippen molar-refractivity contribution in [2.45, 2.75) is 41.7 Å². The highest BCUT2D eigenvalue weighted by atomic mass is 35.5. The van der Waals surface area contributed by atoms with Gasteiger partial charge in [-0.25, -0.2) is 12.4 Å². The second-order valence-electron chi connectivity index (χ2n) is 8.83. The molecule has 1 heterocycles. The van der Waals surface area contributed by atoms with Crippen LogP contribution in [0.4, 0.5) is 0 Å². The average Bonchev–Trinajstić information content (AvgIpc) is 3.39. The zero-order valence-electron chi connectivity index (χ0n) is 21.6. The number of amides is 1. The summed E-state index contributed by atoms with van der Waals surface area (Å²) in [5, 5.41) is 0.667. The molecule has 6 nitrogen and oxygen atoms in total. The lowest BCUT2D eigenvalue weighted by Gasteiger charge is -2.27. The topological polar surface area (TPSA) is 68.6 Å². The molecular weight excluding hydrogens is 540 g/mol. The third kappa shape index (κ3) is 5.72. The second-order valence-corrected chi connectivity index (χ2v) is 12.3. The van der Waals surface area contributed by atoms with Crippen molar-refractivity contribution in [3.05, 3.63) is 89.6 Å². The Labute approximate surface area is 233 Å². The second kappa shape index (κ2) is 12.3. The van der Waals surface area contributed by atoms with Gasteiger partial charge in [-0.1, -0.05) is 49.7 Å². The maximum atomic E-state index is 14.0. The molecule has 0 N–H and O–H groups in total. The van der Waals surface area contributed by atoms with Crippen molar-refractivity contribution >= 4 is 50.2 Å². The van der Waals surface area contributed by atoms with Crippen molar-refractivity contribution < 1.29 is 17.9 Å². The van der Waals surface area contributed by atoms with Gasteiger partial charge in [0.1, 0.15) is 16.5 Å². The first-order valence-corrected chi connectivity index (χ1v) is 15.2. The molecule has 38 heavy (non-hydrogen) atoms. The number of methoxy groups -OCH3 is 1. The summed E-state index contributed by atoms with van der Waals surface area (Å²) in [6.07, 6.45) is 3.21. The molecule has 0 saturated heterocycles. The largest absolute Gasteiger partial charge is 0.495 e. The number of thioether (sulfide) groups is 1. The molecule has 1 atom stereocenters. The summed E-state index contributed by atoms with van der Waals surface area (Å²) < 4.78 is 34.1. The molecule has 200 valence electrons. The van der Waals surface area contributed by atoms with Crippen LogP contribution in [0.25, 0.3) is 10.9 Å². The number of fused-ring (bicyclic) bond motifs is 1. The van der Waals surface area contributed by atoms with Crippen LogP contribution in [-0.2, 0) is 14.8 Å². The quantitative estimate of drug-likeness (QED) is 0.181. The minimum atomic E-state index is -3.89. The molecule has 1 amide bonds. The zero-order valence-corrected chi connectivity index (χ0v) is 24.0. The predicted octanol–water partition coefficient (Wildman–Crippen LogP) is 7.02. The van der Waals surface area contributed by atoms with Crippen molar-refractivity contribution in [3.8, 4) is 5.75 Å². The Balaban J connectivity index is 1.90. The van der Waals surface area contributed by atoms with Crippen molar-refractivity contribution in [2.75, 3.05) is 20.2 Å². The summed E-state index contributed by atoms with van der Waals surface area (Å²) >= 11 is 7.54. The number of ether oxygens (including phenoxy) is 1. The van der Waals surface area contributed by atoms with E-state index in [4.69, 9.17) is 16.3 Å². The fraction of sp³-hybridized carbons (Fsp3) is 0.276. The zero-order chi connectivity index (χ0) is 27.3. The third-order valence-corrected chi connectivity index (χ3v) is 9.38. The number of halogens is 1. The molecule has 1 unspecified atom stereocenters. The van der Waals surface area contributed by atoms with Gasteiger partial charge in [0.15, 0.2) is 0 Å². The fourth-order valence-corrected chi connectivity index (χ4v) is 7.11. The molecule has 0 spiro atoms. The van der Waals surface area contributed by atoms with Crippen LogP contribution < -0.4 is 4.74 Å². The predicted molar refractivity (Wildman–Crippen MR) is 155 cm³/mol. The summed E-state index contributed by atoms with van der Waals surface area (Å²) in [6.45, 7) is 5.40. The fourth-order valence-electron chi connectivity index (χ4n) is 4.46. The van der Waals surface area contributed by atoms with Crippen LogP contribution in [-0.4, -0.2) is 43.4 Å². The van der Waals surface area contributed by atoms with Gasteiger partial charge in [-0.05, 0) is 66.9 Å². The first kappa shape index (κ1) is 28.1. The Morgan fingerprint density at radius 1 is 0.974 bits per heavy atom. The van der Waals surface area contributed by atoms with Crippen LogP contribution in [0, 0.1) is 0 Å². The van der Waals surface area contributed by atoms with Crippen molar-refractivity contribution in [1.29, 1.82) is 0 Å². The highest BCUT2D eigenvalue weighted by Crippen LogP contribution is 2.43. The van der Waals surface area contributed by atoms with Crippen molar-refractivity contribution in [2.24, 2.45) is 0 Å². The van der Waals surface area contributed by atoms with Crippen LogP contribution in [0.5, 0.6) is 5.75 Å². The van der Waals surface area contributed by atoms with E-state index >= 15 is 0 Å². The third-order valence-electron chi connectivity index (χ3n) is 6.20. The lowest BCUT2D eigenvalue weighted by molar-refractivity contribution is -0.130. The number of nitrogens with zero attached hydrogens (tertiary/aromatic N) is 2. The number of carbonyl (C=O) groups is 1. The molecular formula is C29H31ClN2O4S2. The Morgan fingerprint density at radius 3 is 2.24 bits per heavy atom. The minimum absolute atomic E-state index is 0.0150. The molecule has 0 fully saturated rings. The number of benzene rings is 3. The Kier molecular flexibility index (Phi) is 9.07. The smallest absolute Gasteiger partial charge is 0.268 e. The van der Waals surface area contributed by atoms with E-state index in [1.807, 2.05) is 23.1 Å². The van der Waals surface area contributed by atoms with Gasteiger partial charge in [0.2, 0.25) is 5.91 Å². The SMILES string of the molecule is CCCN(CCC)C(=O)C(Sc1ccc(Cl)cc1)c1ccc(OC)c2c1ccn2S(=O)(=O)c1ccccc1. The molecule has 0 bridgehead atoms. The van der Waals surface area contributed by atoms with E-state index in [-0.39, 0.29) is 10.8 Å². The summed E-state index contributed by atoms with van der Waals surface area (Å²) in [6, 6.07) is 21.0. The highest BCUT2D eigenvalue weighted by molar-refractivity contribution is 8.00. The first-order valence-electron chi connectivity index (χ1n) is 12.5. The van der Waals surface area contributed by atoms with Gasteiger partial charge in [-0.2, -0.15) is 0 Å². The minimum Gasteiger partial charge on any atom is -0.495 e. The van der Waals surface area contributed by atoms with Crippen LogP contribution >= 0.6 is 23.4 Å². The molecule has 3 aromatic carbocycles. The van der Waals surface area contributed by atoms with Gasteiger partial charge >= 0.3 is 0 Å². The number of carbonyl (C=O) groups excluding carboxylic acids is 1. The maximum absolute atomic E-state index is 14.0. The lowest BCUT2D eigenvalue weighted by Crippen LogP contribution is -2.35. The molecule has 0 saturated carbocycles. The Bertz CT molecular complexity index is 1500. The van der Waals surface area contributed by atoms with Gasteiger partial charge in [0.25, 0.3) is 10.0 Å². The molecule has 0 radical (unpaired) electrons. The van der Waals surface area contributed by atoms with Gasteiger partial charge in [-0.3, -0.25) is 4.79 Å². The number of hydrogen-bond donors (Lipinski definition) is 0. The van der Waals surface area contributed by atoms with E-state index in [2.05, 4.69) is 13.8 Å². The van der Waals surface area contributed by atoms with Gasteiger partial charge in [0.05, 0.1) is 12.0 Å². The van der Waals surface area contributed by atoms with E-state index in [9.17, 15) is 13.2 Å². The normalized spacial score (nSPS) is 12.4. The highest BCUT2D eigenvalue weighted by Gasteiger charge is 2.31. The number of rotatable bonds is 11. The van der Waals surface area contributed by atoms with Gasteiger partial charge in [-0.15, -0.1) is 11.8 Å². The van der Waals surface area contributed by atoms with E-state index in [1.54, 1.807) is 54.6 Å². The van der Waals surface area contributed by atoms with Crippen LogP contribution in [0.2, 0.25) is 5.02 Å². The first-order chi connectivity index (χ1) is 18.3. The average molecular weight is 571 g/mol. The maximum Gasteiger partial charge on any atom is 0.268 e. The van der Waals surface area contributed by atoms with E-state index in [1.165, 1.54) is 29.0 Å². The van der Waals surface area contributed by atoms with Crippen molar-refractivity contribution in [3.63, 3.8) is 0 Å². The van der Waals surface area contributed by atoms with Crippen LogP contribution in [0.15, 0.2) is 88.8 Å². The summed E-state index contributed by atoms with van der Waals surface area (Å²) in [4.78, 5) is 17.0. The Hall–Kier alpha value is -2.94. The standard InChI is InChI=1S/C29H31ClN2O4S2/c1-4-18-31(19-5-2)29(33)28(37-22-13-11-21(30)12-14-22)25-15-16-26(36-3)27-24(25)17-20-32(27)38(34,35)23-9-7-6-8-10-23/h6-17,20,28H,4-5,18-19H2,1-3H3. The molecule has 0 aliphatic heterocycles. The van der Waals surface area contributed by atoms with E-state index < -0.39 is 15.3 Å². The summed E-state index contributed by atoms with van der Waals surface area (Å²) in [7, 11) is -2.38. The number of aromatic nitrogens is 1. The monoisotopic (exact) mass is 570 g/mol. The van der Waals surface area contributed by atoms with Gasteiger partial charge < -0.3 is 9.64 Å². The van der Waals surface area contributed by atoms with Crippen LogP contribution in [0.1, 0.15) is 37.5 Å². The molecule has 4 aromatic rings. The molecule has 4 rings (SSSR count). The van der Waals surface area contributed by atoms with Gasteiger partial charge in [0, 0.05) is 34.6 Å². The summed E-state index contributed by atoms with van der Waals surface area (Å²) in [5.41, 5.74) is 1.13. The van der Waals surface area contributed by atoms with Crippen LogP contribution in [0.3, 0.4) is 0 Å². The molecule has 1 aromatic heterocycles. The molecule has 0 aliphatic carbocycles. The number of hydrogen-bond acceptors (Lipinski definition) is 5. The molecule has 0 aliphatic rings. The lowest BCUT2D eigenvalue weighted by atomic mass is 10.0.